The van der Waals surface area contributed by atoms with Crippen LogP contribution in [0.3, 0.4) is 0 Å². The number of alkyl halides is 3. The minimum absolute atomic E-state index is 0.0270. The van der Waals surface area contributed by atoms with E-state index >= 15 is 4.39 Å². The highest BCUT2D eigenvalue weighted by molar-refractivity contribution is 6.06. The van der Waals surface area contributed by atoms with E-state index in [9.17, 15) is 33.0 Å². The van der Waals surface area contributed by atoms with Crippen LogP contribution in [-0.4, -0.2) is 33.0 Å². The molecule has 0 aliphatic heterocycles. The summed E-state index contributed by atoms with van der Waals surface area (Å²) in [6, 6.07) is 6.52. The van der Waals surface area contributed by atoms with E-state index in [1.54, 1.807) is 13.8 Å². The number of hydrogen-bond donors (Lipinski definition) is 2. The highest BCUT2D eigenvalue weighted by Gasteiger charge is 2.45. The average Bonchev–Trinajstić information content (AvgIpc) is 3.06. The summed E-state index contributed by atoms with van der Waals surface area (Å²) >= 11 is 0. The fourth-order valence-corrected chi connectivity index (χ4v) is 4.25. The van der Waals surface area contributed by atoms with Crippen molar-refractivity contribution in [2.45, 2.75) is 45.9 Å². The van der Waals surface area contributed by atoms with Crippen LogP contribution in [0, 0.1) is 18.7 Å². The lowest BCUT2D eigenvalue weighted by molar-refractivity contribution is -0.274. The van der Waals surface area contributed by atoms with Crippen LogP contribution >= 0.6 is 0 Å². The largest absolute Gasteiger partial charge is 0.573 e. The summed E-state index contributed by atoms with van der Waals surface area (Å²) in [6.45, 7) is 6.38. The SMILES string of the molecule is CCC(C)[C@@](C)(C(=O)O)c1c(C)n(C(=O)c2ccc(OC(F)(F)F)cc2)c2ccc(O)c(F)c12. The topological polar surface area (TPSA) is 88.8 Å². The number of carboxylic acids is 1. The second kappa shape index (κ2) is 8.66. The Morgan fingerprint density at radius 1 is 1.12 bits per heavy atom. The van der Waals surface area contributed by atoms with Gasteiger partial charge in [0, 0.05) is 22.2 Å². The molecule has 0 aliphatic rings. The molecule has 0 saturated carbocycles. The summed E-state index contributed by atoms with van der Waals surface area (Å²) in [6.07, 6.45) is -4.46. The molecule has 2 atom stereocenters. The normalized spacial score (nSPS) is 14.6. The molecule has 182 valence electrons. The van der Waals surface area contributed by atoms with E-state index in [4.69, 9.17) is 0 Å². The lowest BCUT2D eigenvalue weighted by atomic mass is 9.70. The zero-order valence-electron chi connectivity index (χ0n) is 18.8. The predicted molar refractivity (Wildman–Crippen MR) is 116 cm³/mol. The fraction of sp³-hybridized carbons (Fsp3) is 0.333. The standard InChI is InChI=1S/C24H23F4NO5/c1-5-12(2)23(4,22(32)33)19-13(3)29(16-10-11-17(30)20(25)18(16)19)21(31)14-6-8-15(9-7-14)34-24(26,27)28/h6-12,30H,5H2,1-4H3,(H,32,33)/t12?,23-/m1/s1. The molecule has 6 nitrogen and oxygen atoms in total. The summed E-state index contributed by atoms with van der Waals surface area (Å²) in [5, 5.41) is 19.9. The van der Waals surface area contributed by atoms with E-state index in [-0.39, 0.29) is 27.7 Å². The lowest BCUT2D eigenvalue weighted by Crippen LogP contribution is -2.39. The first-order chi connectivity index (χ1) is 15.7. The molecule has 0 saturated heterocycles. The number of carboxylic acid groups (broad SMARTS) is 1. The second-order valence-electron chi connectivity index (χ2n) is 8.28. The monoisotopic (exact) mass is 481 g/mol. The number of ether oxygens (including phenoxy) is 1. The zero-order chi connectivity index (χ0) is 25.6. The smallest absolute Gasteiger partial charge is 0.505 e. The number of nitrogens with zero attached hydrogens (tertiary/aromatic N) is 1. The van der Waals surface area contributed by atoms with Gasteiger partial charge in [-0.3, -0.25) is 14.2 Å². The molecule has 0 bridgehead atoms. The lowest BCUT2D eigenvalue weighted by Gasteiger charge is -2.32. The van der Waals surface area contributed by atoms with Crippen molar-refractivity contribution in [3.8, 4) is 11.5 Å². The Hall–Kier alpha value is -3.56. The quantitative estimate of drug-likeness (QED) is 0.437. The summed E-state index contributed by atoms with van der Waals surface area (Å²) in [5.74, 6) is -4.71. The number of phenols is 1. The van der Waals surface area contributed by atoms with E-state index in [2.05, 4.69) is 4.74 Å². The number of aromatic hydroxyl groups is 1. The molecule has 0 fully saturated rings. The van der Waals surface area contributed by atoms with Gasteiger partial charge in [-0.1, -0.05) is 20.3 Å². The van der Waals surface area contributed by atoms with Crippen molar-refractivity contribution in [3.63, 3.8) is 0 Å². The molecule has 3 rings (SSSR count). The van der Waals surface area contributed by atoms with Crippen molar-refractivity contribution in [1.82, 2.24) is 4.57 Å². The molecule has 2 aromatic carbocycles. The van der Waals surface area contributed by atoms with Crippen molar-refractivity contribution in [2.75, 3.05) is 0 Å². The van der Waals surface area contributed by atoms with Crippen molar-refractivity contribution in [1.29, 1.82) is 0 Å². The van der Waals surface area contributed by atoms with Crippen LogP contribution in [0.4, 0.5) is 17.6 Å². The molecule has 3 aromatic rings. The fourth-order valence-electron chi connectivity index (χ4n) is 4.25. The number of phenolic OH excluding ortho intramolecular Hbond substituents is 1. The van der Waals surface area contributed by atoms with Gasteiger partial charge in [0.25, 0.3) is 5.91 Å². The van der Waals surface area contributed by atoms with Gasteiger partial charge in [0.15, 0.2) is 11.6 Å². The summed E-state index contributed by atoms with van der Waals surface area (Å²) < 4.78 is 57.4. The molecular weight excluding hydrogens is 458 g/mol. The highest BCUT2D eigenvalue weighted by Crippen LogP contribution is 2.44. The molecule has 1 aromatic heterocycles. The molecule has 1 heterocycles. The number of carbonyl (C=O) groups is 2. The maximum atomic E-state index is 15.2. The van der Waals surface area contributed by atoms with Gasteiger partial charge in [0.2, 0.25) is 0 Å². The third kappa shape index (κ3) is 4.08. The molecule has 0 spiro atoms. The number of benzene rings is 2. The number of fused-ring (bicyclic) bond motifs is 1. The van der Waals surface area contributed by atoms with Crippen LogP contribution in [0.1, 0.15) is 48.8 Å². The molecule has 34 heavy (non-hydrogen) atoms. The van der Waals surface area contributed by atoms with Gasteiger partial charge in [-0.05, 0) is 56.2 Å². The Balaban J connectivity index is 2.28. The van der Waals surface area contributed by atoms with E-state index in [1.165, 1.54) is 19.9 Å². The predicted octanol–water partition coefficient (Wildman–Crippen LogP) is 5.77. The Morgan fingerprint density at radius 3 is 2.21 bits per heavy atom. The Kier molecular flexibility index (Phi) is 6.38. The zero-order valence-corrected chi connectivity index (χ0v) is 18.8. The van der Waals surface area contributed by atoms with Crippen LogP contribution in [0.2, 0.25) is 0 Å². The Bertz CT molecular complexity index is 1260. The van der Waals surface area contributed by atoms with Crippen molar-refractivity contribution in [2.24, 2.45) is 5.92 Å². The van der Waals surface area contributed by atoms with E-state index in [0.29, 0.717) is 6.42 Å². The van der Waals surface area contributed by atoms with Crippen LogP contribution in [0.5, 0.6) is 11.5 Å². The van der Waals surface area contributed by atoms with Crippen LogP contribution < -0.4 is 4.74 Å². The first-order valence-corrected chi connectivity index (χ1v) is 10.4. The summed E-state index contributed by atoms with van der Waals surface area (Å²) in [5.41, 5.74) is -1.43. The Morgan fingerprint density at radius 2 is 1.71 bits per heavy atom. The molecule has 2 N–H and O–H groups in total. The summed E-state index contributed by atoms with van der Waals surface area (Å²) in [4.78, 5) is 25.8. The van der Waals surface area contributed by atoms with Gasteiger partial charge in [0.05, 0.1) is 10.9 Å². The van der Waals surface area contributed by atoms with E-state index in [1.807, 2.05) is 0 Å². The number of aromatic nitrogens is 1. The summed E-state index contributed by atoms with van der Waals surface area (Å²) in [7, 11) is 0. The van der Waals surface area contributed by atoms with Gasteiger partial charge < -0.3 is 14.9 Å². The second-order valence-corrected chi connectivity index (χ2v) is 8.28. The van der Waals surface area contributed by atoms with Crippen LogP contribution in [0.25, 0.3) is 10.9 Å². The van der Waals surface area contributed by atoms with Gasteiger partial charge in [-0.2, -0.15) is 0 Å². The maximum Gasteiger partial charge on any atom is 0.573 e. The first kappa shape index (κ1) is 25.1. The minimum atomic E-state index is -4.90. The molecule has 0 aliphatic carbocycles. The van der Waals surface area contributed by atoms with Crippen LogP contribution in [-0.2, 0) is 10.2 Å². The van der Waals surface area contributed by atoms with Crippen molar-refractivity contribution >= 4 is 22.8 Å². The molecule has 10 heteroatoms. The molecule has 1 unspecified atom stereocenters. The number of hydrogen-bond acceptors (Lipinski definition) is 4. The molecule has 0 radical (unpaired) electrons. The average molecular weight is 481 g/mol. The third-order valence-electron chi connectivity index (χ3n) is 6.39. The van der Waals surface area contributed by atoms with Gasteiger partial charge in [0.1, 0.15) is 5.75 Å². The first-order valence-electron chi connectivity index (χ1n) is 10.4. The van der Waals surface area contributed by atoms with E-state index in [0.717, 1.165) is 34.9 Å². The third-order valence-corrected chi connectivity index (χ3v) is 6.39. The van der Waals surface area contributed by atoms with Gasteiger partial charge in [-0.25, -0.2) is 4.39 Å². The minimum Gasteiger partial charge on any atom is -0.505 e. The van der Waals surface area contributed by atoms with Crippen molar-refractivity contribution in [3.05, 3.63) is 59.0 Å². The molecule has 0 amide bonds. The van der Waals surface area contributed by atoms with Gasteiger partial charge >= 0.3 is 12.3 Å². The Labute approximate surface area is 192 Å². The van der Waals surface area contributed by atoms with E-state index < -0.39 is 46.9 Å². The maximum absolute atomic E-state index is 15.2. The highest BCUT2D eigenvalue weighted by atomic mass is 19.4. The number of halogens is 4. The number of aliphatic carboxylic acids is 1. The van der Waals surface area contributed by atoms with Gasteiger partial charge in [-0.15, -0.1) is 13.2 Å². The number of rotatable bonds is 6. The molecular formula is C24H23F4NO5. The van der Waals surface area contributed by atoms with Crippen molar-refractivity contribution < 1.29 is 42.1 Å². The van der Waals surface area contributed by atoms with Crippen LogP contribution in [0.15, 0.2) is 36.4 Å². The number of carbonyl (C=O) groups excluding carboxylic acids is 1.